The molecule has 1 unspecified atom stereocenters. The van der Waals surface area contributed by atoms with Gasteiger partial charge >= 0.3 is 109 Å². The summed E-state index contributed by atoms with van der Waals surface area (Å²) >= 11 is 0.0503. The number of carbonyl (C=O) groups excluding carboxylic acids is 1. The van der Waals surface area contributed by atoms with Crippen molar-refractivity contribution in [2.75, 3.05) is 6.61 Å². The molecule has 3 heteroatoms. The Balaban J connectivity index is 2.84. The molecule has 1 aromatic rings. The molecule has 0 amide bonds. The van der Waals surface area contributed by atoms with E-state index < -0.39 is 4.31 Å². The molecular weight excluding hydrogens is 279 g/mol. The van der Waals surface area contributed by atoms with E-state index in [-0.39, 0.29) is 20.9 Å². The molecule has 1 rings (SSSR count). The van der Waals surface area contributed by atoms with Crippen LogP contribution in [0, 0.1) is 0 Å². The summed E-state index contributed by atoms with van der Waals surface area (Å²) in [4.78, 5) is 12.0. The average Bonchev–Trinajstić information content (AvgIpc) is 2.31. The Kier molecular flexibility index (Phi) is 5.46. The van der Waals surface area contributed by atoms with E-state index in [0.29, 0.717) is 13.0 Å². The molecule has 1 aromatic carbocycles. The van der Waals surface area contributed by atoms with Crippen LogP contribution in [0.1, 0.15) is 20.3 Å². The summed E-state index contributed by atoms with van der Waals surface area (Å²) in [7, 11) is 0. The average molecular weight is 297 g/mol. The van der Waals surface area contributed by atoms with E-state index in [1.807, 2.05) is 32.0 Å². The Bertz CT molecular complexity index is 375. The van der Waals surface area contributed by atoms with Crippen LogP contribution in [0.25, 0.3) is 0 Å². The third kappa shape index (κ3) is 4.03. The van der Waals surface area contributed by atoms with Crippen LogP contribution in [0.15, 0.2) is 43.0 Å². The third-order valence-corrected chi connectivity index (χ3v) is 5.04. The minimum atomic E-state index is -0.452. The van der Waals surface area contributed by atoms with Crippen LogP contribution in [-0.2, 0) is 9.53 Å². The monoisotopic (exact) mass is 298 g/mol. The van der Waals surface area contributed by atoms with Crippen molar-refractivity contribution in [3.8, 4) is 0 Å². The van der Waals surface area contributed by atoms with E-state index in [1.165, 1.54) is 4.46 Å². The van der Waals surface area contributed by atoms with Gasteiger partial charge in [0.25, 0.3) is 0 Å². The van der Waals surface area contributed by atoms with Crippen LogP contribution >= 0.6 is 0 Å². The van der Waals surface area contributed by atoms with Gasteiger partial charge in [-0.1, -0.05) is 0 Å². The number of allylic oxidation sites excluding steroid dienone is 1. The maximum atomic E-state index is 12.0. The summed E-state index contributed by atoms with van der Waals surface area (Å²) in [6, 6.07) is 10.1. The second-order valence-corrected chi connectivity index (χ2v) is 7.17. The molecule has 0 bridgehead atoms. The zero-order chi connectivity index (χ0) is 12.7. The molecular formula is C14H18O2Se. The van der Waals surface area contributed by atoms with Crippen molar-refractivity contribution in [3.05, 3.63) is 43.0 Å². The molecule has 92 valence electrons. The molecule has 0 radical (unpaired) electrons. The Morgan fingerprint density at radius 2 is 2.12 bits per heavy atom. The van der Waals surface area contributed by atoms with Crippen molar-refractivity contribution in [2.24, 2.45) is 0 Å². The number of ether oxygens (including phenoxy) is 1. The number of hydrogen-bond donors (Lipinski definition) is 0. The summed E-state index contributed by atoms with van der Waals surface area (Å²) in [5.41, 5.74) is 0. The van der Waals surface area contributed by atoms with Gasteiger partial charge in [-0.05, 0) is 0 Å². The molecule has 0 N–H and O–H groups in total. The molecule has 0 aliphatic heterocycles. The van der Waals surface area contributed by atoms with Gasteiger partial charge in [-0.25, -0.2) is 0 Å². The first-order chi connectivity index (χ1) is 8.12. The molecule has 0 spiro atoms. The Morgan fingerprint density at radius 1 is 1.47 bits per heavy atom. The second-order valence-electron chi connectivity index (χ2n) is 3.86. The molecule has 0 heterocycles. The molecule has 0 aliphatic carbocycles. The van der Waals surface area contributed by atoms with E-state index in [0.717, 1.165) is 0 Å². The Morgan fingerprint density at radius 3 is 2.65 bits per heavy atom. The van der Waals surface area contributed by atoms with Gasteiger partial charge < -0.3 is 0 Å². The van der Waals surface area contributed by atoms with Crippen molar-refractivity contribution in [1.82, 2.24) is 0 Å². The van der Waals surface area contributed by atoms with Gasteiger partial charge in [0, 0.05) is 0 Å². The van der Waals surface area contributed by atoms with Crippen LogP contribution in [0.5, 0.6) is 0 Å². The summed E-state index contributed by atoms with van der Waals surface area (Å²) in [6.45, 7) is 7.95. The fourth-order valence-corrected chi connectivity index (χ4v) is 3.90. The van der Waals surface area contributed by atoms with Crippen molar-refractivity contribution in [3.63, 3.8) is 0 Å². The zero-order valence-corrected chi connectivity index (χ0v) is 12.0. The summed E-state index contributed by atoms with van der Waals surface area (Å²) < 4.78 is 5.91. The fourth-order valence-electron chi connectivity index (χ4n) is 1.47. The topological polar surface area (TPSA) is 26.3 Å². The van der Waals surface area contributed by atoms with Crippen LogP contribution in [-0.4, -0.2) is 27.5 Å². The number of rotatable bonds is 6. The van der Waals surface area contributed by atoms with Gasteiger partial charge in [0.2, 0.25) is 0 Å². The van der Waals surface area contributed by atoms with E-state index in [9.17, 15) is 4.79 Å². The van der Waals surface area contributed by atoms with Gasteiger partial charge in [0.1, 0.15) is 0 Å². The van der Waals surface area contributed by atoms with Crippen molar-refractivity contribution in [2.45, 2.75) is 24.6 Å². The third-order valence-electron chi connectivity index (χ3n) is 2.33. The van der Waals surface area contributed by atoms with Gasteiger partial charge in [0.15, 0.2) is 0 Å². The maximum absolute atomic E-state index is 12.0. The fraction of sp³-hybridized carbons (Fsp3) is 0.357. The van der Waals surface area contributed by atoms with Gasteiger partial charge in [-0.2, -0.15) is 0 Å². The van der Waals surface area contributed by atoms with Crippen LogP contribution in [0.2, 0.25) is 4.31 Å². The molecule has 1 atom stereocenters. The van der Waals surface area contributed by atoms with E-state index >= 15 is 0 Å². The quantitative estimate of drug-likeness (QED) is 0.458. The first-order valence-corrected chi connectivity index (χ1v) is 7.36. The number of carbonyl (C=O) groups is 1. The van der Waals surface area contributed by atoms with E-state index in [4.69, 9.17) is 4.74 Å². The van der Waals surface area contributed by atoms with Crippen LogP contribution in [0.4, 0.5) is 0 Å². The SMILES string of the molecule is C=CCC(C)([Se]c1ccccc1)C(=O)OCC. The van der Waals surface area contributed by atoms with E-state index in [1.54, 1.807) is 6.08 Å². The second kappa shape index (κ2) is 6.63. The molecule has 0 saturated heterocycles. The minimum absolute atomic E-state index is 0.0503. The van der Waals surface area contributed by atoms with Crippen LogP contribution < -0.4 is 4.46 Å². The van der Waals surface area contributed by atoms with E-state index in [2.05, 4.69) is 18.7 Å². The first kappa shape index (κ1) is 14.0. The van der Waals surface area contributed by atoms with Gasteiger partial charge in [0.05, 0.1) is 0 Å². The van der Waals surface area contributed by atoms with Gasteiger partial charge in [-0.15, -0.1) is 0 Å². The molecule has 2 nitrogen and oxygen atoms in total. The first-order valence-electron chi connectivity index (χ1n) is 5.64. The summed E-state index contributed by atoms with van der Waals surface area (Å²) in [5, 5.41) is 0. The van der Waals surface area contributed by atoms with Crippen molar-refractivity contribution in [1.29, 1.82) is 0 Å². The zero-order valence-electron chi connectivity index (χ0n) is 10.3. The standard InChI is InChI=1S/C14H18O2Se/c1-4-11-14(3,13(15)16-5-2)17-12-9-7-6-8-10-12/h4,6-10H,1,5,11H2,2-3H3. The van der Waals surface area contributed by atoms with Gasteiger partial charge in [-0.3, -0.25) is 0 Å². The number of benzene rings is 1. The number of esters is 1. The summed E-state index contributed by atoms with van der Waals surface area (Å²) in [5.74, 6) is -0.122. The molecule has 0 saturated carbocycles. The molecule has 17 heavy (non-hydrogen) atoms. The Hall–Kier alpha value is -1.05. The normalized spacial score (nSPS) is 13.8. The Labute approximate surface area is 109 Å². The predicted octanol–water partition coefficient (Wildman–Crippen LogP) is 2.33. The predicted molar refractivity (Wildman–Crippen MR) is 71.6 cm³/mol. The van der Waals surface area contributed by atoms with Crippen LogP contribution in [0.3, 0.4) is 0 Å². The number of hydrogen-bond acceptors (Lipinski definition) is 2. The molecule has 0 aliphatic rings. The molecule has 0 aromatic heterocycles. The van der Waals surface area contributed by atoms with Crippen molar-refractivity contribution >= 4 is 25.4 Å². The van der Waals surface area contributed by atoms with Crippen molar-refractivity contribution < 1.29 is 9.53 Å². The summed E-state index contributed by atoms with van der Waals surface area (Å²) in [6.07, 6.45) is 2.45. The molecule has 0 fully saturated rings.